The zero-order chi connectivity index (χ0) is 46.0. The van der Waals surface area contributed by atoms with Gasteiger partial charge in [0.15, 0.2) is 0 Å². The van der Waals surface area contributed by atoms with Crippen molar-refractivity contribution in [3.8, 4) is 23.7 Å². The first-order valence-corrected chi connectivity index (χ1v) is 22.7. The van der Waals surface area contributed by atoms with Crippen LogP contribution < -0.4 is 0 Å². The van der Waals surface area contributed by atoms with Crippen molar-refractivity contribution in [2.45, 2.75) is 13.2 Å². The van der Waals surface area contributed by atoms with Crippen LogP contribution >= 0.6 is 0 Å². The van der Waals surface area contributed by atoms with Crippen LogP contribution in [0.2, 0.25) is 0 Å². The largest absolute Gasteiger partial charge is 0.382 e. The standard InChI is InChI=1S/C54H66O12/c1-55-21-23-57-25-27-59-29-31-61-33-35-63-37-39-65-43-47-11-7-9-45(41-47)17-19-53-49-13-3-5-15-51(49)54(52-16-6-4-14-50(52)53)20-18-46-10-8-12-48(42-46)44-66-40-38-64-36-34-62-32-30-60-28-26-58-24-22-56-2/h3-16,41-42H,21-40,43-44H2,1-2H3. The van der Waals surface area contributed by atoms with Gasteiger partial charge in [0.1, 0.15) is 0 Å². The Kier molecular flexibility index (Phi) is 26.7. The van der Waals surface area contributed by atoms with Crippen LogP contribution in [0.1, 0.15) is 33.4 Å². The molecule has 5 aromatic carbocycles. The SMILES string of the molecule is COCCOCCOCCOCCOCCOCc1cccc(C#Cc2c3ccccc3c(C#Cc3cccc(COCCOCCOCCOCCOCCOC)c3)c3ccccc23)c1. The first kappa shape index (κ1) is 52.2. The van der Waals surface area contributed by atoms with Crippen LogP contribution in [-0.4, -0.2) is 146 Å². The highest BCUT2D eigenvalue weighted by Gasteiger charge is 2.11. The quantitative estimate of drug-likeness (QED) is 0.0236. The van der Waals surface area contributed by atoms with Crippen molar-refractivity contribution in [1.29, 1.82) is 0 Å². The molecule has 0 aliphatic heterocycles. The molecule has 0 aliphatic carbocycles. The lowest BCUT2D eigenvalue weighted by molar-refractivity contribution is -0.0157. The molecule has 0 N–H and O–H groups in total. The lowest BCUT2D eigenvalue weighted by Crippen LogP contribution is -2.13. The second-order valence-electron chi connectivity index (χ2n) is 14.7. The molecule has 12 heteroatoms. The minimum absolute atomic E-state index is 0.467. The molecule has 0 bridgehead atoms. The van der Waals surface area contributed by atoms with Gasteiger partial charge in [-0.05, 0) is 56.9 Å². The maximum Gasteiger partial charge on any atom is 0.0718 e. The van der Waals surface area contributed by atoms with Gasteiger partial charge in [-0.3, -0.25) is 0 Å². The van der Waals surface area contributed by atoms with E-state index in [0.29, 0.717) is 145 Å². The van der Waals surface area contributed by atoms with Gasteiger partial charge < -0.3 is 56.8 Å². The van der Waals surface area contributed by atoms with E-state index in [1.54, 1.807) is 14.2 Å². The Labute approximate surface area is 390 Å². The van der Waals surface area contributed by atoms with Gasteiger partial charge in [0.25, 0.3) is 0 Å². The van der Waals surface area contributed by atoms with Gasteiger partial charge in [0.2, 0.25) is 0 Å². The molecule has 0 unspecified atom stereocenters. The van der Waals surface area contributed by atoms with Crippen molar-refractivity contribution in [3.05, 3.63) is 130 Å². The minimum Gasteiger partial charge on any atom is -0.382 e. The zero-order valence-corrected chi connectivity index (χ0v) is 38.7. The van der Waals surface area contributed by atoms with E-state index in [4.69, 9.17) is 56.8 Å². The van der Waals surface area contributed by atoms with Crippen LogP contribution in [0.5, 0.6) is 0 Å². The number of rotatable bonds is 34. The van der Waals surface area contributed by atoms with Gasteiger partial charge in [-0.2, -0.15) is 0 Å². The van der Waals surface area contributed by atoms with Crippen molar-refractivity contribution in [3.63, 3.8) is 0 Å². The predicted octanol–water partition coefficient (Wildman–Crippen LogP) is 7.25. The van der Waals surface area contributed by atoms with E-state index in [1.165, 1.54) is 0 Å². The number of fused-ring (bicyclic) bond motifs is 2. The zero-order valence-electron chi connectivity index (χ0n) is 38.7. The number of methoxy groups -OCH3 is 2. The highest BCUT2D eigenvalue weighted by molar-refractivity contribution is 6.09. The average molecular weight is 907 g/mol. The molecule has 0 aromatic heterocycles. The highest BCUT2D eigenvalue weighted by Crippen LogP contribution is 2.32. The van der Waals surface area contributed by atoms with Crippen LogP contribution in [0.15, 0.2) is 97.1 Å². The normalized spacial score (nSPS) is 11.2. The Hall–Kier alpha value is -4.74. The molecule has 5 aromatic rings. The predicted molar refractivity (Wildman–Crippen MR) is 256 cm³/mol. The number of hydrogen-bond acceptors (Lipinski definition) is 12. The molecule has 66 heavy (non-hydrogen) atoms. The number of benzene rings is 5. The Morgan fingerprint density at radius 3 is 0.848 bits per heavy atom. The van der Waals surface area contributed by atoms with Crippen molar-refractivity contribution >= 4 is 21.5 Å². The van der Waals surface area contributed by atoms with Gasteiger partial charge in [0.05, 0.1) is 145 Å². The summed E-state index contributed by atoms with van der Waals surface area (Å²) in [6.07, 6.45) is 0. The van der Waals surface area contributed by atoms with Crippen LogP contribution in [0.25, 0.3) is 21.5 Å². The highest BCUT2D eigenvalue weighted by atomic mass is 16.6. The number of ether oxygens (including phenoxy) is 12. The fraction of sp³-hybridized carbons (Fsp3) is 0.444. The van der Waals surface area contributed by atoms with Gasteiger partial charge in [-0.1, -0.05) is 96.5 Å². The summed E-state index contributed by atoms with van der Waals surface area (Å²) in [5, 5.41) is 4.25. The van der Waals surface area contributed by atoms with Crippen LogP contribution in [0, 0.1) is 23.7 Å². The molecule has 0 radical (unpaired) electrons. The molecule has 0 heterocycles. The number of hydrogen-bond donors (Lipinski definition) is 0. The van der Waals surface area contributed by atoms with Gasteiger partial charge in [0, 0.05) is 36.5 Å². The summed E-state index contributed by atoms with van der Waals surface area (Å²) in [4.78, 5) is 0. The molecule has 12 nitrogen and oxygen atoms in total. The molecule has 0 spiro atoms. The van der Waals surface area contributed by atoms with Gasteiger partial charge >= 0.3 is 0 Å². The molecular weight excluding hydrogens is 841 g/mol. The Balaban J connectivity index is 1.06. The molecule has 0 saturated heterocycles. The van der Waals surface area contributed by atoms with Gasteiger partial charge in [-0.15, -0.1) is 0 Å². The maximum absolute atomic E-state index is 5.90. The molecular formula is C54H66O12. The van der Waals surface area contributed by atoms with E-state index < -0.39 is 0 Å². The average Bonchev–Trinajstić information content (AvgIpc) is 3.35. The van der Waals surface area contributed by atoms with E-state index in [1.807, 2.05) is 36.4 Å². The van der Waals surface area contributed by atoms with Crippen LogP contribution in [-0.2, 0) is 70.1 Å². The summed E-state index contributed by atoms with van der Waals surface area (Å²) in [5.74, 6) is 13.9. The Morgan fingerprint density at radius 1 is 0.288 bits per heavy atom. The summed E-state index contributed by atoms with van der Waals surface area (Å²) in [6, 6.07) is 33.1. The summed E-state index contributed by atoms with van der Waals surface area (Å²) < 4.78 is 65.8. The smallest absolute Gasteiger partial charge is 0.0718 e. The molecule has 0 saturated carbocycles. The fourth-order valence-corrected chi connectivity index (χ4v) is 6.57. The second kappa shape index (κ2) is 33.7. The Bertz CT molecular complexity index is 2010. The summed E-state index contributed by atoms with van der Waals surface area (Å²) in [6.45, 7) is 11.4. The molecule has 5 rings (SSSR count). The minimum atomic E-state index is 0.467. The summed E-state index contributed by atoms with van der Waals surface area (Å²) in [5.41, 5.74) is 5.88. The third-order valence-electron chi connectivity index (χ3n) is 9.83. The Morgan fingerprint density at radius 2 is 0.561 bits per heavy atom. The van der Waals surface area contributed by atoms with Crippen molar-refractivity contribution < 1.29 is 56.8 Å². The molecule has 0 amide bonds. The topological polar surface area (TPSA) is 111 Å². The van der Waals surface area contributed by atoms with Crippen LogP contribution in [0.4, 0.5) is 0 Å². The lowest BCUT2D eigenvalue weighted by atomic mass is 9.91. The van der Waals surface area contributed by atoms with Crippen molar-refractivity contribution in [1.82, 2.24) is 0 Å². The maximum atomic E-state index is 5.90. The third-order valence-corrected chi connectivity index (χ3v) is 9.83. The fourth-order valence-electron chi connectivity index (χ4n) is 6.57. The first-order chi connectivity index (χ1) is 32.8. The third kappa shape index (κ3) is 20.4. The van der Waals surface area contributed by atoms with E-state index >= 15 is 0 Å². The molecule has 0 fully saturated rings. The van der Waals surface area contributed by atoms with Crippen molar-refractivity contribution in [2.75, 3.05) is 146 Å². The molecule has 0 atom stereocenters. The van der Waals surface area contributed by atoms with E-state index in [9.17, 15) is 0 Å². The van der Waals surface area contributed by atoms with E-state index in [-0.39, 0.29) is 0 Å². The van der Waals surface area contributed by atoms with E-state index in [2.05, 4.69) is 84.3 Å². The monoisotopic (exact) mass is 906 g/mol. The van der Waals surface area contributed by atoms with E-state index in [0.717, 1.165) is 54.9 Å². The summed E-state index contributed by atoms with van der Waals surface area (Å²) >= 11 is 0. The van der Waals surface area contributed by atoms with Crippen LogP contribution in [0.3, 0.4) is 0 Å². The second-order valence-corrected chi connectivity index (χ2v) is 14.7. The lowest BCUT2D eigenvalue weighted by Gasteiger charge is -2.10. The molecule has 0 aliphatic rings. The first-order valence-electron chi connectivity index (χ1n) is 22.7. The van der Waals surface area contributed by atoms with Gasteiger partial charge in [-0.25, -0.2) is 0 Å². The van der Waals surface area contributed by atoms with Crippen molar-refractivity contribution in [2.24, 2.45) is 0 Å². The molecule has 354 valence electrons. The summed E-state index contributed by atoms with van der Waals surface area (Å²) in [7, 11) is 3.30.